The third-order valence-electron chi connectivity index (χ3n) is 3.87. The van der Waals surface area contributed by atoms with E-state index in [0.29, 0.717) is 25.2 Å². The minimum Gasteiger partial charge on any atom is -0.452 e. The van der Waals surface area contributed by atoms with E-state index >= 15 is 0 Å². The van der Waals surface area contributed by atoms with Crippen molar-refractivity contribution in [3.8, 4) is 0 Å². The molecule has 2 N–H and O–H groups in total. The summed E-state index contributed by atoms with van der Waals surface area (Å²) in [6, 6.07) is 5.35. The van der Waals surface area contributed by atoms with Gasteiger partial charge in [0.25, 0.3) is 5.91 Å². The van der Waals surface area contributed by atoms with E-state index in [9.17, 15) is 22.8 Å². The molecule has 148 valence electrons. The second-order valence-corrected chi connectivity index (χ2v) is 8.04. The third kappa shape index (κ3) is 5.95. The summed E-state index contributed by atoms with van der Waals surface area (Å²) in [4.78, 5) is 35.2. The fourth-order valence-corrected chi connectivity index (χ4v) is 4.07. The summed E-state index contributed by atoms with van der Waals surface area (Å²) in [6.07, 6.45) is 2.22. The largest absolute Gasteiger partial charge is 0.452 e. The number of carbonyl (C=O) groups excluding carboxylic acids is 3. The lowest BCUT2D eigenvalue weighted by Gasteiger charge is -2.17. The number of amides is 3. The number of hydrogen-bond donors (Lipinski definition) is 2. The maximum Gasteiger partial charge on any atom is 0.338 e. The maximum absolute atomic E-state index is 12.1. The quantitative estimate of drug-likeness (QED) is 0.523. The SMILES string of the molecule is CCCCNC(=O)NC(=O)COC(=O)c1cccc(N2CCCS2(=O)=O)c1. The van der Waals surface area contributed by atoms with E-state index in [0.717, 1.165) is 12.8 Å². The van der Waals surface area contributed by atoms with Crippen LogP contribution in [0.25, 0.3) is 0 Å². The van der Waals surface area contributed by atoms with Gasteiger partial charge >= 0.3 is 12.0 Å². The maximum atomic E-state index is 12.1. The summed E-state index contributed by atoms with van der Waals surface area (Å²) in [5.41, 5.74) is 0.497. The number of sulfonamides is 1. The molecule has 0 unspecified atom stereocenters. The average Bonchev–Trinajstić information content (AvgIpc) is 2.99. The molecule has 3 amide bonds. The van der Waals surface area contributed by atoms with Crippen molar-refractivity contribution in [2.45, 2.75) is 26.2 Å². The topological polar surface area (TPSA) is 122 Å². The Morgan fingerprint density at radius 1 is 1.26 bits per heavy atom. The van der Waals surface area contributed by atoms with Gasteiger partial charge in [0.15, 0.2) is 6.61 Å². The zero-order chi connectivity index (χ0) is 19.9. The fourth-order valence-electron chi connectivity index (χ4n) is 2.52. The summed E-state index contributed by atoms with van der Waals surface area (Å²) in [5, 5.41) is 4.57. The van der Waals surface area contributed by atoms with Crippen molar-refractivity contribution in [3.05, 3.63) is 29.8 Å². The first kappa shape index (κ1) is 20.7. The number of nitrogens with one attached hydrogen (secondary N) is 2. The molecule has 1 saturated heterocycles. The lowest BCUT2D eigenvalue weighted by atomic mass is 10.2. The van der Waals surface area contributed by atoms with Gasteiger partial charge in [-0.15, -0.1) is 0 Å². The number of hydrogen-bond acceptors (Lipinski definition) is 6. The zero-order valence-electron chi connectivity index (χ0n) is 15.1. The number of carbonyl (C=O) groups is 3. The van der Waals surface area contributed by atoms with Crippen LogP contribution in [-0.4, -0.2) is 51.8 Å². The fraction of sp³-hybridized carbons (Fsp3) is 0.471. The van der Waals surface area contributed by atoms with Crippen molar-refractivity contribution in [1.82, 2.24) is 10.6 Å². The Kier molecular flexibility index (Phi) is 7.17. The molecule has 1 aromatic rings. The first-order valence-electron chi connectivity index (χ1n) is 8.69. The molecular weight excluding hydrogens is 374 g/mol. The van der Waals surface area contributed by atoms with E-state index in [-0.39, 0.29) is 11.3 Å². The van der Waals surface area contributed by atoms with Crippen LogP contribution in [0.1, 0.15) is 36.5 Å². The Labute approximate surface area is 158 Å². The standard InChI is InChI=1S/C17H23N3O6S/c1-2-3-8-18-17(23)19-15(21)12-26-16(22)13-6-4-7-14(11-13)20-9-5-10-27(20,24)25/h4,6-7,11H,2-3,5,8-10,12H2,1H3,(H2,18,19,21,23). The van der Waals surface area contributed by atoms with Gasteiger partial charge in [-0.25, -0.2) is 18.0 Å². The van der Waals surface area contributed by atoms with Crippen molar-refractivity contribution in [2.24, 2.45) is 0 Å². The summed E-state index contributed by atoms with van der Waals surface area (Å²) >= 11 is 0. The molecule has 10 heteroatoms. The van der Waals surface area contributed by atoms with E-state index in [2.05, 4.69) is 10.6 Å². The van der Waals surface area contributed by atoms with E-state index in [4.69, 9.17) is 4.74 Å². The number of urea groups is 1. The molecule has 1 fully saturated rings. The highest BCUT2D eigenvalue weighted by Gasteiger charge is 2.28. The van der Waals surface area contributed by atoms with E-state index in [1.54, 1.807) is 12.1 Å². The van der Waals surface area contributed by atoms with Gasteiger partial charge < -0.3 is 10.1 Å². The van der Waals surface area contributed by atoms with Crippen molar-refractivity contribution >= 4 is 33.6 Å². The van der Waals surface area contributed by atoms with Crippen LogP contribution in [0.5, 0.6) is 0 Å². The molecule has 27 heavy (non-hydrogen) atoms. The molecule has 0 aromatic heterocycles. The van der Waals surface area contributed by atoms with Gasteiger partial charge in [-0.05, 0) is 31.0 Å². The van der Waals surface area contributed by atoms with Crippen LogP contribution >= 0.6 is 0 Å². The van der Waals surface area contributed by atoms with E-state index < -0.39 is 34.5 Å². The predicted molar refractivity (Wildman–Crippen MR) is 98.9 cm³/mol. The Hall–Kier alpha value is -2.62. The number of benzene rings is 1. The first-order valence-corrected chi connectivity index (χ1v) is 10.3. The molecule has 0 aliphatic carbocycles. The Bertz CT molecular complexity index is 809. The summed E-state index contributed by atoms with van der Waals surface area (Å²) in [5.74, 6) is -1.46. The van der Waals surface area contributed by atoms with Crippen LogP contribution in [0.3, 0.4) is 0 Å². The Morgan fingerprint density at radius 2 is 2.04 bits per heavy atom. The van der Waals surface area contributed by atoms with Crippen molar-refractivity contribution < 1.29 is 27.5 Å². The Morgan fingerprint density at radius 3 is 2.70 bits per heavy atom. The highest BCUT2D eigenvalue weighted by molar-refractivity contribution is 7.93. The molecule has 0 radical (unpaired) electrons. The number of rotatable bonds is 7. The van der Waals surface area contributed by atoms with Crippen LogP contribution in [-0.2, 0) is 19.6 Å². The average molecular weight is 397 g/mol. The summed E-state index contributed by atoms with van der Waals surface area (Å²) in [6.45, 7) is 2.16. The lowest BCUT2D eigenvalue weighted by molar-refractivity contribution is -0.123. The minimum atomic E-state index is -3.36. The minimum absolute atomic E-state index is 0.0716. The number of esters is 1. The lowest BCUT2D eigenvalue weighted by Crippen LogP contribution is -2.41. The van der Waals surface area contributed by atoms with Gasteiger partial charge in [-0.1, -0.05) is 19.4 Å². The predicted octanol–water partition coefficient (Wildman–Crippen LogP) is 1.01. The van der Waals surface area contributed by atoms with Gasteiger partial charge in [-0.3, -0.25) is 14.4 Å². The smallest absolute Gasteiger partial charge is 0.338 e. The molecule has 1 aliphatic rings. The molecule has 1 aromatic carbocycles. The van der Waals surface area contributed by atoms with Gasteiger partial charge in [0, 0.05) is 13.1 Å². The monoisotopic (exact) mass is 397 g/mol. The number of ether oxygens (including phenoxy) is 1. The molecular formula is C17H23N3O6S. The zero-order valence-corrected chi connectivity index (χ0v) is 15.9. The molecule has 0 atom stereocenters. The van der Waals surface area contributed by atoms with Crippen LogP contribution < -0.4 is 14.9 Å². The highest BCUT2D eigenvalue weighted by atomic mass is 32.2. The Balaban J connectivity index is 1.88. The number of imide groups is 1. The third-order valence-corrected chi connectivity index (χ3v) is 5.74. The second-order valence-electron chi connectivity index (χ2n) is 6.03. The number of nitrogens with zero attached hydrogens (tertiary/aromatic N) is 1. The molecule has 9 nitrogen and oxygen atoms in total. The van der Waals surface area contributed by atoms with Gasteiger partial charge in [0.05, 0.1) is 17.0 Å². The van der Waals surface area contributed by atoms with Gasteiger partial charge in [-0.2, -0.15) is 0 Å². The first-order chi connectivity index (χ1) is 12.8. The van der Waals surface area contributed by atoms with Crippen LogP contribution in [0.4, 0.5) is 10.5 Å². The molecule has 1 aliphatic heterocycles. The molecule has 0 spiro atoms. The van der Waals surface area contributed by atoms with E-state index in [1.165, 1.54) is 16.4 Å². The molecule has 1 heterocycles. The number of unbranched alkanes of at least 4 members (excludes halogenated alkanes) is 1. The molecule has 0 bridgehead atoms. The summed E-state index contributed by atoms with van der Waals surface area (Å²) in [7, 11) is -3.36. The van der Waals surface area contributed by atoms with E-state index in [1.807, 2.05) is 6.92 Å². The van der Waals surface area contributed by atoms with Crippen molar-refractivity contribution in [1.29, 1.82) is 0 Å². The van der Waals surface area contributed by atoms with Crippen molar-refractivity contribution in [3.63, 3.8) is 0 Å². The molecule has 0 saturated carbocycles. The number of anilines is 1. The van der Waals surface area contributed by atoms with Gasteiger partial charge in [0.1, 0.15) is 0 Å². The second kappa shape index (κ2) is 9.36. The van der Waals surface area contributed by atoms with Crippen LogP contribution in [0.15, 0.2) is 24.3 Å². The normalized spacial score (nSPS) is 15.2. The van der Waals surface area contributed by atoms with Crippen LogP contribution in [0.2, 0.25) is 0 Å². The summed E-state index contributed by atoms with van der Waals surface area (Å²) < 4.78 is 30.1. The van der Waals surface area contributed by atoms with Crippen LogP contribution in [0, 0.1) is 0 Å². The molecule has 2 rings (SSSR count). The highest BCUT2D eigenvalue weighted by Crippen LogP contribution is 2.24. The van der Waals surface area contributed by atoms with Gasteiger partial charge in [0.2, 0.25) is 10.0 Å². The van der Waals surface area contributed by atoms with Crippen molar-refractivity contribution in [2.75, 3.05) is 29.8 Å².